The van der Waals surface area contributed by atoms with E-state index in [0.29, 0.717) is 15.7 Å². The monoisotopic (exact) mass is 480 g/mol. The molecule has 0 fully saturated rings. The number of benzene rings is 2. The molecule has 0 radical (unpaired) electrons. The van der Waals surface area contributed by atoms with Crippen molar-refractivity contribution < 1.29 is 8.73 Å². The second-order valence-corrected chi connectivity index (χ2v) is 9.54. The minimum atomic E-state index is -1.53. The number of rotatable bonds is 5. The summed E-state index contributed by atoms with van der Waals surface area (Å²) in [6, 6.07) is 15.8. The fourth-order valence-electron chi connectivity index (χ4n) is 3.98. The third-order valence-electron chi connectivity index (χ3n) is 5.67. The van der Waals surface area contributed by atoms with Crippen LogP contribution < -0.4 is 10.3 Å². The van der Waals surface area contributed by atoms with Gasteiger partial charge in [0.1, 0.15) is 6.26 Å². The third-order valence-corrected chi connectivity index (χ3v) is 6.98. The van der Waals surface area contributed by atoms with Gasteiger partial charge in [0, 0.05) is 41.2 Å². The van der Waals surface area contributed by atoms with Gasteiger partial charge in [-0.3, -0.25) is 14.1 Å². The van der Waals surface area contributed by atoms with Crippen molar-refractivity contribution in [1.29, 1.82) is 0 Å². The van der Waals surface area contributed by atoms with E-state index in [0.717, 1.165) is 41.7 Å². The normalized spacial score (nSPS) is 15.4. The molecule has 1 aliphatic rings. The molecule has 0 saturated heterocycles. The van der Waals surface area contributed by atoms with Crippen molar-refractivity contribution >= 4 is 44.9 Å². The molecule has 2 aromatic carbocycles. The fraction of sp³-hybridized carbons (Fsp3) is 0.167. The van der Waals surface area contributed by atoms with Gasteiger partial charge < -0.3 is 9.42 Å². The highest BCUT2D eigenvalue weighted by molar-refractivity contribution is 7.86. The van der Waals surface area contributed by atoms with Gasteiger partial charge in [0.2, 0.25) is 0 Å². The Balaban J connectivity index is 1.61. The maximum absolute atomic E-state index is 13.0. The Hall–Kier alpha value is -3.20. The van der Waals surface area contributed by atoms with Crippen LogP contribution in [0.2, 0.25) is 5.02 Å². The number of anilines is 1. The molecular weight excluding hydrogens is 460 g/mol. The first-order chi connectivity index (χ1) is 16.0. The lowest BCUT2D eigenvalue weighted by molar-refractivity contribution is 0.370. The van der Waals surface area contributed by atoms with Crippen molar-refractivity contribution in [3.05, 3.63) is 87.9 Å². The van der Waals surface area contributed by atoms with E-state index in [1.54, 1.807) is 34.9 Å². The van der Waals surface area contributed by atoms with Crippen molar-refractivity contribution in [3.63, 3.8) is 0 Å². The van der Waals surface area contributed by atoms with Crippen LogP contribution >= 0.6 is 11.6 Å². The van der Waals surface area contributed by atoms with Crippen molar-refractivity contribution in [2.45, 2.75) is 11.3 Å². The summed E-state index contributed by atoms with van der Waals surface area (Å²) in [5.74, 6) is 0.385. The van der Waals surface area contributed by atoms with Crippen LogP contribution in [0.3, 0.4) is 0 Å². The number of likely N-dealkylation sites (N-methyl/N-ethyl adjacent to an activating group) is 1. The van der Waals surface area contributed by atoms with Crippen LogP contribution in [-0.2, 0) is 11.0 Å². The molecule has 0 spiro atoms. The average molecular weight is 481 g/mol. The molecular formula is C24H21ClN4O3S. The van der Waals surface area contributed by atoms with E-state index in [1.807, 2.05) is 18.2 Å². The SMILES string of the molecule is CN1CC=C(c2cc(Cl)ccc2-n2c(=O)ccc3cc(S(=O)Nc4ccon4)ccc32)CC1. The van der Waals surface area contributed by atoms with Crippen LogP contribution in [-0.4, -0.2) is 39.0 Å². The molecule has 3 heterocycles. The first-order valence-corrected chi connectivity index (χ1v) is 11.9. The third kappa shape index (κ3) is 4.37. The number of nitrogens with one attached hydrogen (secondary N) is 1. The maximum Gasteiger partial charge on any atom is 0.255 e. The number of halogens is 1. The van der Waals surface area contributed by atoms with Crippen molar-refractivity contribution in [2.24, 2.45) is 0 Å². The van der Waals surface area contributed by atoms with E-state index in [2.05, 4.69) is 27.9 Å². The van der Waals surface area contributed by atoms with E-state index < -0.39 is 11.0 Å². The van der Waals surface area contributed by atoms with Crippen molar-refractivity contribution in [3.8, 4) is 5.69 Å². The molecule has 1 aliphatic heterocycles. The van der Waals surface area contributed by atoms with Gasteiger partial charge >= 0.3 is 0 Å². The summed E-state index contributed by atoms with van der Waals surface area (Å²) < 4.78 is 22.0. The van der Waals surface area contributed by atoms with Gasteiger partial charge in [-0.25, -0.2) is 4.21 Å². The lowest BCUT2D eigenvalue weighted by Gasteiger charge is -2.24. The lowest BCUT2D eigenvalue weighted by atomic mass is 9.97. The quantitative estimate of drug-likeness (QED) is 0.455. The van der Waals surface area contributed by atoms with Gasteiger partial charge in [-0.05, 0) is 61.5 Å². The molecule has 33 heavy (non-hydrogen) atoms. The summed E-state index contributed by atoms with van der Waals surface area (Å²) in [7, 11) is 0.553. The average Bonchev–Trinajstić information content (AvgIpc) is 3.33. The van der Waals surface area contributed by atoms with Crippen LogP contribution in [0.15, 0.2) is 81.1 Å². The van der Waals surface area contributed by atoms with Crippen LogP contribution in [0.1, 0.15) is 12.0 Å². The summed E-state index contributed by atoms with van der Waals surface area (Å²) >= 11 is 6.35. The van der Waals surface area contributed by atoms with Crippen LogP contribution in [0.25, 0.3) is 22.2 Å². The van der Waals surface area contributed by atoms with E-state index in [4.69, 9.17) is 16.1 Å². The highest BCUT2D eigenvalue weighted by atomic mass is 35.5. The molecule has 0 saturated carbocycles. The number of nitrogens with zero attached hydrogens (tertiary/aromatic N) is 3. The Morgan fingerprint density at radius 1 is 1.12 bits per heavy atom. The smallest absolute Gasteiger partial charge is 0.255 e. The number of fused-ring (bicyclic) bond motifs is 1. The van der Waals surface area contributed by atoms with Crippen molar-refractivity contribution in [2.75, 3.05) is 24.9 Å². The molecule has 1 unspecified atom stereocenters. The molecule has 0 amide bonds. The first-order valence-electron chi connectivity index (χ1n) is 10.4. The fourth-order valence-corrected chi connectivity index (χ4v) is 4.99. The van der Waals surface area contributed by atoms with Crippen LogP contribution in [0.4, 0.5) is 5.82 Å². The predicted molar refractivity (Wildman–Crippen MR) is 131 cm³/mol. The number of pyridine rings is 1. The van der Waals surface area contributed by atoms with Gasteiger partial charge in [-0.1, -0.05) is 22.8 Å². The topological polar surface area (TPSA) is 80.4 Å². The zero-order chi connectivity index (χ0) is 22.9. The summed E-state index contributed by atoms with van der Waals surface area (Å²) in [6.07, 6.45) is 4.47. The molecule has 168 valence electrons. The van der Waals surface area contributed by atoms with Crippen molar-refractivity contribution in [1.82, 2.24) is 14.6 Å². The molecule has 9 heteroatoms. The standard InChI is InChI=1S/C24H21ClN4O3S/c1-28-11-8-16(9-12-28)20-15-18(25)3-5-22(20)29-21-6-4-19(14-17(21)2-7-24(29)30)33(31)27-23-10-13-32-26-23/h2-8,10,13-15H,9,11-12H2,1H3,(H,26,27). The molecule has 1 atom stereocenters. The summed E-state index contributed by atoms with van der Waals surface area (Å²) in [5.41, 5.74) is 3.48. The maximum atomic E-state index is 13.0. The molecule has 4 aromatic rings. The van der Waals surface area contributed by atoms with Crippen LogP contribution in [0.5, 0.6) is 0 Å². The van der Waals surface area contributed by atoms with E-state index in [-0.39, 0.29) is 5.56 Å². The summed E-state index contributed by atoms with van der Waals surface area (Å²) in [5, 5.41) is 5.15. The Labute approximate surface area is 197 Å². The van der Waals surface area contributed by atoms with Crippen LogP contribution in [0, 0.1) is 0 Å². The van der Waals surface area contributed by atoms with E-state index in [1.165, 1.54) is 17.9 Å². The van der Waals surface area contributed by atoms with Gasteiger partial charge in [0.05, 0.1) is 16.1 Å². The highest BCUT2D eigenvalue weighted by Crippen LogP contribution is 2.31. The first kappa shape index (κ1) is 21.6. The van der Waals surface area contributed by atoms with Gasteiger partial charge in [0.25, 0.3) is 5.56 Å². The zero-order valence-corrected chi connectivity index (χ0v) is 19.4. The van der Waals surface area contributed by atoms with E-state index in [9.17, 15) is 9.00 Å². The molecule has 0 bridgehead atoms. The predicted octanol–water partition coefficient (Wildman–Crippen LogP) is 4.49. The Bertz CT molecular complexity index is 1450. The van der Waals surface area contributed by atoms with Gasteiger partial charge in [-0.2, -0.15) is 0 Å². The Morgan fingerprint density at radius 2 is 2.00 bits per heavy atom. The highest BCUT2D eigenvalue weighted by Gasteiger charge is 2.17. The zero-order valence-electron chi connectivity index (χ0n) is 17.8. The minimum Gasteiger partial charge on any atom is -0.363 e. The minimum absolute atomic E-state index is 0.144. The summed E-state index contributed by atoms with van der Waals surface area (Å²) in [4.78, 5) is 15.9. The number of hydrogen-bond donors (Lipinski definition) is 1. The largest absolute Gasteiger partial charge is 0.363 e. The molecule has 2 aromatic heterocycles. The Kier molecular flexibility index (Phi) is 5.88. The van der Waals surface area contributed by atoms with Gasteiger partial charge in [-0.15, -0.1) is 0 Å². The number of hydrogen-bond acceptors (Lipinski definition) is 5. The lowest BCUT2D eigenvalue weighted by Crippen LogP contribution is -2.24. The molecule has 7 nitrogen and oxygen atoms in total. The second-order valence-electron chi connectivity index (χ2n) is 7.89. The number of aromatic nitrogens is 2. The Morgan fingerprint density at radius 3 is 2.76 bits per heavy atom. The molecule has 5 rings (SSSR count). The molecule has 0 aliphatic carbocycles. The van der Waals surface area contributed by atoms with E-state index >= 15 is 0 Å². The second kappa shape index (κ2) is 8.97. The van der Waals surface area contributed by atoms with Gasteiger partial charge in [0.15, 0.2) is 16.8 Å². The molecule has 1 N–H and O–H groups in total. The summed E-state index contributed by atoms with van der Waals surface area (Å²) in [6.45, 7) is 1.79.